The van der Waals surface area contributed by atoms with Crippen LogP contribution < -0.4 is 13.3 Å². The SMILES string of the molecule is COC(=O)C(OO)C(OC)OC.COC(=O)CC(OC)OC.COC(=O)c1cnc(C)nc1.I.II.I[I-]I. The van der Waals surface area contributed by atoms with Gasteiger partial charge in [0.15, 0.2) is 12.6 Å². The molecule has 0 bridgehead atoms. The second kappa shape index (κ2) is 37.7. The minimum absolute atomic E-state index is 0. The Kier molecular flexibility index (Phi) is 48.5. The minimum atomic E-state index is -1.29. The zero-order valence-electron chi connectivity index (χ0n) is 22.2. The van der Waals surface area contributed by atoms with Crippen LogP contribution in [0.15, 0.2) is 12.4 Å². The molecule has 0 spiro atoms. The van der Waals surface area contributed by atoms with Gasteiger partial charge in [0, 0.05) is 78.1 Å². The molecule has 1 aromatic rings. The molecule has 0 radical (unpaired) electrons. The number of aromatic nitrogens is 2. The first-order valence-corrected chi connectivity index (χ1v) is 28.4. The molecule has 0 saturated heterocycles. The number of carbonyl (C=O) groups is 3. The molecule has 0 aliphatic carbocycles. The van der Waals surface area contributed by atoms with E-state index < -0.39 is 30.6 Å². The molecule has 20 heteroatoms. The van der Waals surface area contributed by atoms with Crippen molar-refractivity contribution in [3.63, 3.8) is 0 Å². The number of nitrogens with zero attached hydrogens (tertiary/aromatic N) is 2. The van der Waals surface area contributed by atoms with Gasteiger partial charge >= 0.3 is 68.4 Å². The van der Waals surface area contributed by atoms with Crippen molar-refractivity contribution in [2.24, 2.45) is 0 Å². The average molecular weight is 1240 g/mol. The number of rotatable bonds is 10. The van der Waals surface area contributed by atoms with E-state index in [1.54, 1.807) is 6.92 Å². The third kappa shape index (κ3) is 29.5. The van der Waals surface area contributed by atoms with Crippen LogP contribution in [0.2, 0.25) is 0 Å². The molecule has 1 aromatic heterocycles. The first kappa shape index (κ1) is 50.3. The van der Waals surface area contributed by atoms with Gasteiger partial charge in [-0.1, -0.05) is 0 Å². The van der Waals surface area contributed by atoms with Crippen molar-refractivity contribution in [1.82, 2.24) is 9.97 Å². The number of ether oxygens (including phenoxy) is 7. The maximum atomic E-state index is 10.8. The summed E-state index contributed by atoms with van der Waals surface area (Å²) in [5.41, 5.74) is 0.373. The molecular formula is C19H33I6N2O12-. The normalized spacial score (nSPS) is 9.92. The van der Waals surface area contributed by atoms with E-state index in [-0.39, 0.29) is 36.4 Å². The fourth-order valence-corrected chi connectivity index (χ4v) is 1.76. The van der Waals surface area contributed by atoms with Crippen LogP contribution >= 0.6 is 98.4 Å². The molecule has 0 fully saturated rings. The third-order valence-corrected chi connectivity index (χ3v) is 3.55. The van der Waals surface area contributed by atoms with Crippen LogP contribution in [0.25, 0.3) is 0 Å². The first-order valence-electron chi connectivity index (χ1n) is 9.55. The van der Waals surface area contributed by atoms with Crippen molar-refractivity contribution in [2.45, 2.75) is 32.0 Å². The second-order valence-corrected chi connectivity index (χ2v) is 21.9. The molecule has 14 nitrogen and oxygen atoms in total. The number of hydrogen-bond acceptors (Lipinski definition) is 14. The molecule has 1 N–H and O–H groups in total. The predicted octanol–water partition coefficient (Wildman–Crippen LogP) is 1.54. The molecule has 0 aromatic carbocycles. The van der Waals surface area contributed by atoms with Gasteiger partial charge in [-0.25, -0.2) is 24.4 Å². The Morgan fingerprint density at radius 1 is 0.872 bits per heavy atom. The van der Waals surface area contributed by atoms with Crippen LogP contribution in [0.5, 0.6) is 0 Å². The summed E-state index contributed by atoms with van der Waals surface area (Å²) in [6, 6.07) is 0. The number of methoxy groups -OCH3 is 7. The Hall–Kier alpha value is 1.63. The first-order chi connectivity index (χ1) is 18.1. The summed E-state index contributed by atoms with van der Waals surface area (Å²) >= 11 is 9.54. The molecule has 1 rings (SSSR count). The van der Waals surface area contributed by atoms with Gasteiger partial charge in [-0.3, -0.25) is 10.1 Å². The molecule has 1 atom stereocenters. The van der Waals surface area contributed by atoms with Gasteiger partial charge in [-0.2, -0.15) is 0 Å². The Morgan fingerprint density at radius 2 is 1.31 bits per heavy atom. The molecule has 0 saturated carbocycles. The summed E-state index contributed by atoms with van der Waals surface area (Å²) in [6.45, 7) is 1.75. The summed E-state index contributed by atoms with van der Waals surface area (Å²) in [7, 11) is 9.37. The number of aryl methyl sites for hydroxylation is 1. The van der Waals surface area contributed by atoms with Crippen LogP contribution in [0, 0.1) is 6.92 Å². The van der Waals surface area contributed by atoms with Gasteiger partial charge in [-0.15, -0.1) is 24.0 Å². The number of halogens is 6. The molecule has 39 heavy (non-hydrogen) atoms. The summed E-state index contributed by atoms with van der Waals surface area (Å²) in [6.07, 6.45) is 0.242. The third-order valence-electron chi connectivity index (χ3n) is 3.55. The van der Waals surface area contributed by atoms with Crippen molar-refractivity contribution in [3.05, 3.63) is 23.8 Å². The Labute approximate surface area is 298 Å². The molecular weight excluding hydrogens is 1210 g/mol. The monoisotopic (exact) mass is 1240 g/mol. The number of carbonyl (C=O) groups excluding carboxylic acids is 3. The van der Waals surface area contributed by atoms with E-state index in [9.17, 15) is 14.4 Å². The quantitative estimate of drug-likeness (QED) is 0.0895. The molecule has 1 unspecified atom stereocenters. The van der Waals surface area contributed by atoms with E-state index >= 15 is 0 Å². The summed E-state index contributed by atoms with van der Waals surface area (Å²) in [4.78, 5) is 43.7. The van der Waals surface area contributed by atoms with Crippen LogP contribution in [0.3, 0.4) is 0 Å². The van der Waals surface area contributed by atoms with E-state index in [0.717, 1.165) is 7.11 Å². The molecule has 0 amide bonds. The van der Waals surface area contributed by atoms with Crippen molar-refractivity contribution in [2.75, 3.05) is 49.8 Å². The van der Waals surface area contributed by atoms with E-state index in [4.69, 9.17) is 14.7 Å². The van der Waals surface area contributed by atoms with Gasteiger partial charge in [-0.05, 0) is 6.92 Å². The second-order valence-electron chi connectivity index (χ2n) is 5.63. The molecule has 1 heterocycles. The molecule has 234 valence electrons. The molecule has 0 aliphatic heterocycles. The van der Waals surface area contributed by atoms with Crippen LogP contribution in [-0.4, -0.2) is 102 Å². The fraction of sp³-hybridized carbons (Fsp3) is 0.632. The van der Waals surface area contributed by atoms with E-state index in [1.807, 2.05) is 0 Å². The van der Waals surface area contributed by atoms with Crippen molar-refractivity contribution in [1.29, 1.82) is 0 Å². The standard InChI is InChI=1S/C7H8N2O2.C6H12O6.C6H12O4.I3.I2.HI/c1-5-8-3-6(4-9-5)7(10)11-2;1-9-5(7)4(12-8)6(10-2)11-3;1-8-5(7)4-6(9-2)10-3;1-3-2;1-2;/h3-4H,1-2H3;4,6,8H,1-3H3;6H,4H2,1-3H3;;;1H/q;;;-1;;. The molecule has 0 aliphatic rings. The van der Waals surface area contributed by atoms with Gasteiger partial charge in [0.2, 0.25) is 6.10 Å². The van der Waals surface area contributed by atoms with Crippen molar-refractivity contribution >= 4 is 116 Å². The van der Waals surface area contributed by atoms with Crippen molar-refractivity contribution < 1.29 is 70.9 Å². The number of hydrogen-bond donors (Lipinski definition) is 1. The predicted molar refractivity (Wildman–Crippen MR) is 181 cm³/mol. The van der Waals surface area contributed by atoms with E-state index in [1.165, 1.54) is 55.1 Å². The summed E-state index contributed by atoms with van der Waals surface area (Å²) in [5.74, 6) is -0.887. The zero-order chi connectivity index (χ0) is 30.5. The van der Waals surface area contributed by atoms with Crippen LogP contribution in [-0.2, 0) is 47.6 Å². The van der Waals surface area contributed by atoms with Crippen LogP contribution in [0.4, 0.5) is 0 Å². The Balaban J connectivity index is -0.000000135. The fourth-order valence-electron chi connectivity index (χ4n) is 1.76. The average Bonchev–Trinajstić information content (AvgIpc) is 2.96. The summed E-state index contributed by atoms with van der Waals surface area (Å²) in [5, 5.41) is 8.30. The van der Waals surface area contributed by atoms with E-state index in [2.05, 4.69) is 113 Å². The zero-order valence-corrected chi connectivity index (χ0v) is 35.3. The van der Waals surface area contributed by atoms with Gasteiger partial charge in [0.05, 0.1) is 33.3 Å². The Bertz CT molecular complexity index is 702. The van der Waals surface area contributed by atoms with Crippen LogP contribution in [0.1, 0.15) is 22.6 Å². The van der Waals surface area contributed by atoms with Gasteiger partial charge < -0.3 is 33.2 Å². The Morgan fingerprint density at radius 3 is 1.59 bits per heavy atom. The van der Waals surface area contributed by atoms with E-state index in [0.29, 0.717) is 24.6 Å². The maximum absolute atomic E-state index is 10.8. The van der Waals surface area contributed by atoms with Gasteiger partial charge in [0.1, 0.15) is 5.82 Å². The van der Waals surface area contributed by atoms with Gasteiger partial charge in [0.25, 0.3) is 0 Å². The summed E-state index contributed by atoms with van der Waals surface area (Å²) < 4.78 is 32.0. The van der Waals surface area contributed by atoms with Crippen molar-refractivity contribution in [3.8, 4) is 0 Å². The number of esters is 3. The topological polar surface area (TPSA) is 171 Å².